The van der Waals surface area contributed by atoms with Gasteiger partial charge in [-0.2, -0.15) is 0 Å². The highest BCUT2D eigenvalue weighted by atomic mass is 35.5. The predicted octanol–water partition coefficient (Wildman–Crippen LogP) is 5.58. The number of hydrogen-bond acceptors (Lipinski definition) is 3. The molecule has 0 amide bonds. The molecule has 0 bridgehead atoms. The second-order valence-electron chi connectivity index (χ2n) is 5.94. The summed E-state index contributed by atoms with van der Waals surface area (Å²) in [5.74, 6) is 2.36. The summed E-state index contributed by atoms with van der Waals surface area (Å²) >= 11 is 12.7. The van der Waals surface area contributed by atoms with E-state index in [1.54, 1.807) is 19.2 Å². The van der Waals surface area contributed by atoms with Crippen molar-refractivity contribution in [2.75, 3.05) is 13.7 Å². The molecule has 0 fully saturated rings. The van der Waals surface area contributed by atoms with E-state index in [-0.39, 0.29) is 0 Å². The van der Waals surface area contributed by atoms with Crippen molar-refractivity contribution in [3.05, 3.63) is 40.4 Å². The van der Waals surface area contributed by atoms with Crippen molar-refractivity contribution >= 4 is 34.2 Å². The van der Waals surface area contributed by atoms with Crippen molar-refractivity contribution in [1.82, 2.24) is 9.97 Å². The van der Waals surface area contributed by atoms with Crippen LogP contribution < -0.4 is 9.47 Å². The van der Waals surface area contributed by atoms with E-state index in [0.29, 0.717) is 34.1 Å². The van der Waals surface area contributed by atoms with Gasteiger partial charge in [-0.15, -0.1) is 0 Å². The average Bonchev–Trinajstić information content (AvgIpc) is 2.96. The second kappa shape index (κ2) is 6.91. The number of methoxy groups -OCH3 is 1. The van der Waals surface area contributed by atoms with Gasteiger partial charge in [-0.05, 0) is 30.2 Å². The molecule has 0 atom stereocenters. The lowest BCUT2D eigenvalue weighted by atomic mass is 10.2. The van der Waals surface area contributed by atoms with Crippen LogP contribution in [0, 0.1) is 5.92 Å². The van der Waals surface area contributed by atoms with Crippen LogP contribution in [-0.4, -0.2) is 23.7 Å². The maximum Gasteiger partial charge on any atom is 0.156 e. The van der Waals surface area contributed by atoms with E-state index < -0.39 is 0 Å². The van der Waals surface area contributed by atoms with Gasteiger partial charge in [0.2, 0.25) is 0 Å². The molecule has 3 aromatic rings. The third kappa shape index (κ3) is 3.45. The normalized spacial score (nSPS) is 11.2. The largest absolute Gasteiger partial charge is 0.497 e. The van der Waals surface area contributed by atoms with Crippen LogP contribution in [0.1, 0.15) is 13.8 Å². The van der Waals surface area contributed by atoms with Crippen LogP contribution in [0.5, 0.6) is 11.5 Å². The van der Waals surface area contributed by atoms with Crippen LogP contribution in [-0.2, 0) is 0 Å². The number of aromatic nitrogens is 2. The minimum absolute atomic E-state index is 0.391. The number of benzene rings is 2. The molecule has 0 unspecified atom stereocenters. The summed E-state index contributed by atoms with van der Waals surface area (Å²) in [6.45, 7) is 4.70. The number of nitrogens with zero attached hydrogens (tertiary/aromatic N) is 1. The Hall–Kier alpha value is -1.91. The van der Waals surface area contributed by atoms with Gasteiger partial charge in [0.25, 0.3) is 0 Å². The molecule has 126 valence electrons. The topological polar surface area (TPSA) is 47.1 Å². The number of H-pyrrole nitrogens is 1. The Balaban J connectivity index is 1.97. The molecule has 1 N–H and O–H groups in total. The minimum atomic E-state index is 0.391. The monoisotopic (exact) mass is 364 g/mol. The van der Waals surface area contributed by atoms with Crippen molar-refractivity contribution in [2.24, 2.45) is 5.92 Å². The van der Waals surface area contributed by atoms with Gasteiger partial charge in [0, 0.05) is 11.6 Å². The summed E-state index contributed by atoms with van der Waals surface area (Å²) in [6.07, 6.45) is 0. The lowest BCUT2D eigenvalue weighted by Gasteiger charge is -2.12. The molecule has 24 heavy (non-hydrogen) atoms. The molecule has 2 aromatic carbocycles. The fourth-order valence-corrected chi connectivity index (χ4v) is 2.93. The minimum Gasteiger partial charge on any atom is -0.497 e. The van der Waals surface area contributed by atoms with Gasteiger partial charge in [-0.1, -0.05) is 37.0 Å². The van der Waals surface area contributed by atoms with E-state index in [4.69, 9.17) is 32.7 Å². The first-order valence-corrected chi connectivity index (χ1v) is 8.39. The van der Waals surface area contributed by atoms with Crippen molar-refractivity contribution in [2.45, 2.75) is 13.8 Å². The van der Waals surface area contributed by atoms with Gasteiger partial charge in [0.1, 0.15) is 11.6 Å². The number of aromatic amines is 1. The number of fused-ring (bicyclic) bond motifs is 1. The molecule has 0 saturated heterocycles. The molecule has 3 rings (SSSR count). The zero-order chi connectivity index (χ0) is 17.3. The summed E-state index contributed by atoms with van der Waals surface area (Å²) in [4.78, 5) is 7.84. The highest BCUT2D eigenvalue weighted by Gasteiger charge is 2.14. The lowest BCUT2D eigenvalue weighted by molar-refractivity contribution is 0.271. The molecular formula is C18H18Cl2N2O2. The highest BCUT2D eigenvalue weighted by Crippen LogP contribution is 2.37. The number of hydrogen-bond donors (Lipinski definition) is 1. The Morgan fingerprint density at radius 1 is 1.12 bits per heavy atom. The van der Waals surface area contributed by atoms with Gasteiger partial charge >= 0.3 is 0 Å². The fraction of sp³-hybridized carbons (Fsp3) is 0.278. The summed E-state index contributed by atoms with van der Waals surface area (Å²) in [5.41, 5.74) is 2.53. The fourth-order valence-electron chi connectivity index (χ4n) is 2.34. The van der Waals surface area contributed by atoms with Crippen molar-refractivity contribution in [1.29, 1.82) is 0 Å². The first kappa shape index (κ1) is 16.9. The number of ether oxygens (including phenoxy) is 2. The Kier molecular flexibility index (Phi) is 4.88. The van der Waals surface area contributed by atoms with E-state index in [1.165, 1.54) is 0 Å². The van der Waals surface area contributed by atoms with Crippen LogP contribution >= 0.6 is 23.2 Å². The smallest absolute Gasteiger partial charge is 0.156 e. The Labute approximate surface area is 150 Å². The van der Waals surface area contributed by atoms with Crippen molar-refractivity contribution in [3.8, 4) is 22.9 Å². The third-order valence-corrected chi connectivity index (χ3v) is 4.08. The zero-order valence-electron chi connectivity index (χ0n) is 13.7. The summed E-state index contributed by atoms with van der Waals surface area (Å²) in [7, 11) is 1.63. The van der Waals surface area contributed by atoms with E-state index >= 15 is 0 Å². The predicted molar refractivity (Wildman–Crippen MR) is 98.4 cm³/mol. The van der Waals surface area contributed by atoms with E-state index in [2.05, 4.69) is 23.8 Å². The Bertz CT molecular complexity index is 852. The molecule has 0 spiro atoms. The molecular weight excluding hydrogens is 347 g/mol. The zero-order valence-corrected chi connectivity index (χ0v) is 15.2. The second-order valence-corrected chi connectivity index (χ2v) is 6.76. The molecule has 0 saturated carbocycles. The average molecular weight is 365 g/mol. The van der Waals surface area contributed by atoms with Gasteiger partial charge in [-0.25, -0.2) is 4.98 Å². The lowest BCUT2D eigenvalue weighted by Crippen LogP contribution is -2.05. The standard InChI is InChI=1S/C18H18Cl2N2O2/c1-10(2)9-24-17-13(19)6-11(7-14(17)20)18-21-15-5-4-12(23-3)8-16(15)22-18/h4-8,10H,9H2,1-3H3,(H,21,22). The van der Waals surface area contributed by atoms with Crippen LogP contribution in [0.4, 0.5) is 0 Å². The van der Waals surface area contributed by atoms with Crippen molar-refractivity contribution < 1.29 is 9.47 Å². The van der Waals surface area contributed by atoms with Crippen LogP contribution in [0.3, 0.4) is 0 Å². The first-order valence-electron chi connectivity index (χ1n) is 7.64. The summed E-state index contributed by atoms with van der Waals surface area (Å²) < 4.78 is 10.9. The third-order valence-electron chi connectivity index (χ3n) is 3.52. The molecule has 1 aromatic heterocycles. The molecule has 1 heterocycles. The molecule has 6 heteroatoms. The van der Waals surface area contributed by atoms with Gasteiger partial charge in [-0.3, -0.25) is 0 Å². The molecule has 4 nitrogen and oxygen atoms in total. The maximum absolute atomic E-state index is 6.34. The molecule has 0 radical (unpaired) electrons. The number of rotatable bonds is 5. The molecule has 0 aliphatic carbocycles. The highest BCUT2D eigenvalue weighted by molar-refractivity contribution is 6.37. The number of nitrogens with one attached hydrogen (secondary N) is 1. The van der Waals surface area contributed by atoms with Crippen LogP contribution in [0.2, 0.25) is 10.0 Å². The van der Waals surface area contributed by atoms with Gasteiger partial charge in [0.15, 0.2) is 5.75 Å². The van der Waals surface area contributed by atoms with E-state index in [1.807, 2.05) is 18.2 Å². The SMILES string of the molecule is COc1ccc2nc(-c3cc(Cl)c(OCC(C)C)c(Cl)c3)[nH]c2c1. The maximum atomic E-state index is 6.34. The van der Waals surface area contributed by atoms with Gasteiger partial charge < -0.3 is 14.5 Å². The first-order chi connectivity index (χ1) is 11.5. The van der Waals surface area contributed by atoms with Crippen molar-refractivity contribution in [3.63, 3.8) is 0 Å². The van der Waals surface area contributed by atoms with Crippen LogP contribution in [0.15, 0.2) is 30.3 Å². The molecule has 0 aliphatic rings. The Morgan fingerprint density at radius 2 is 1.83 bits per heavy atom. The molecule has 0 aliphatic heterocycles. The number of imidazole rings is 1. The Morgan fingerprint density at radius 3 is 2.46 bits per heavy atom. The van der Waals surface area contributed by atoms with Crippen LogP contribution in [0.25, 0.3) is 22.4 Å². The number of halogens is 2. The summed E-state index contributed by atoms with van der Waals surface area (Å²) in [5, 5.41) is 0.937. The van der Waals surface area contributed by atoms with Gasteiger partial charge in [0.05, 0.1) is 34.8 Å². The summed E-state index contributed by atoms with van der Waals surface area (Å²) in [6, 6.07) is 9.28. The van der Waals surface area contributed by atoms with E-state index in [0.717, 1.165) is 22.3 Å². The van der Waals surface area contributed by atoms with E-state index in [9.17, 15) is 0 Å². The quantitative estimate of drug-likeness (QED) is 0.642.